The third-order valence-corrected chi connectivity index (χ3v) is 6.57. The van der Waals surface area contributed by atoms with Crippen LogP contribution in [0, 0.1) is 0 Å². The third-order valence-electron chi connectivity index (χ3n) is 4.35. The normalized spacial score (nSPS) is 15.1. The maximum Gasteiger partial charge on any atom is 0.340 e. The quantitative estimate of drug-likeness (QED) is 0.687. The molecule has 0 aromatic heterocycles. The standard InChI is InChI=1S/C19H19ClN2O6S/c20-17-5-4-15(29(25,26)22-6-8-27-9-7-22)11-16(17)19(24)28-12-13-2-1-3-14(10-13)18(21)23/h1-5,10-11H,6-9,12H2,(H2,21,23). The topological polar surface area (TPSA) is 116 Å². The van der Waals surface area contributed by atoms with Gasteiger partial charge in [0.15, 0.2) is 0 Å². The van der Waals surface area contributed by atoms with Crippen molar-refractivity contribution >= 4 is 33.5 Å². The van der Waals surface area contributed by atoms with Crippen molar-refractivity contribution in [3.63, 3.8) is 0 Å². The van der Waals surface area contributed by atoms with E-state index in [0.717, 1.165) is 0 Å². The van der Waals surface area contributed by atoms with E-state index in [-0.39, 0.29) is 40.7 Å². The summed E-state index contributed by atoms with van der Waals surface area (Å²) in [7, 11) is -3.78. The van der Waals surface area contributed by atoms with E-state index in [1.54, 1.807) is 18.2 Å². The van der Waals surface area contributed by atoms with Gasteiger partial charge in [0.1, 0.15) is 6.61 Å². The van der Waals surface area contributed by atoms with E-state index < -0.39 is 21.9 Å². The number of primary amides is 1. The summed E-state index contributed by atoms with van der Waals surface area (Å²) in [5.74, 6) is -1.37. The summed E-state index contributed by atoms with van der Waals surface area (Å²) in [4.78, 5) is 23.7. The van der Waals surface area contributed by atoms with Gasteiger partial charge < -0.3 is 15.2 Å². The van der Waals surface area contributed by atoms with E-state index in [4.69, 9.17) is 26.8 Å². The number of ether oxygens (including phenoxy) is 2. The Bertz CT molecular complexity index is 1030. The number of hydrogen-bond donors (Lipinski definition) is 1. The third kappa shape index (κ3) is 4.94. The molecule has 2 N–H and O–H groups in total. The number of hydrogen-bond acceptors (Lipinski definition) is 6. The van der Waals surface area contributed by atoms with Crippen molar-refractivity contribution in [1.82, 2.24) is 4.31 Å². The Hall–Kier alpha value is -2.46. The van der Waals surface area contributed by atoms with Crippen LogP contribution in [0.15, 0.2) is 47.4 Å². The summed E-state index contributed by atoms with van der Waals surface area (Å²) in [5, 5.41) is 0.0711. The van der Waals surface area contributed by atoms with Gasteiger partial charge in [0, 0.05) is 18.7 Å². The highest BCUT2D eigenvalue weighted by Crippen LogP contribution is 2.24. The van der Waals surface area contributed by atoms with Gasteiger partial charge in [-0.25, -0.2) is 13.2 Å². The molecule has 29 heavy (non-hydrogen) atoms. The van der Waals surface area contributed by atoms with Crippen LogP contribution in [0.1, 0.15) is 26.3 Å². The van der Waals surface area contributed by atoms with Gasteiger partial charge in [0.25, 0.3) is 0 Å². The first kappa shape index (κ1) is 21.3. The molecule has 1 aliphatic rings. The summed E-state index contributed by atoms with van der Waals surface area (Å²) in [5.41, 5.74) is 6.02. The molecule has 0 saturated carbocycles. The van der Waals surface area contributed by atoms with Crippen molar-refractivity contribution in [3.8, 4) is 0 Å². The number of nitrogens with two attached hydrogens (primary N) is 1. The fourth-order valence-electron chi connectivity index (χ4n) is 2.80. The van der Waals surface area contributed by atoms with Gasteiger partial charge in [-0.3, -0.25) is 4.79 Å². The number of nitrogens with zero attached hydrogens (tertiary/aromatic N) is 1. The zero-order chi connectivity index (χ0) is 21.0. The van der Waals surface area contributed by atoms with E-state index in [0.29, 0.717) is 18.8 Å². The van der Waals surface area contributed by atoms with Crippen molar-refractivity contribution in [3.05, 3.63) is 64.2 Å². The van der Waals surface area contributed by atoms with Crippen molar-refractivity contribution < 1.29 is 27.5 Å². The number of rotatable bonds is 6. The van der Waals surface area contributed by atoms with Gasteiger partial charge in [-0.05, 0) is 35.9 Å². The van der Waals surface area contributed by atoms with Crippen molar-refractivity contribution in [2.24, 2.45) is 5.73 Å². The lowest BCUT2D eigenvalue weighted by Gasteiger charge is -2.26. The Labute approximate surface area is 173 Å². The zero-order valence-electron chi connectivity index (χ0n) is 15.3. The molecule has 0 spiro atoms. The maximum absolute atomic E-state index is 12.8. The number of morpholine rings is 1. The molecule has 0 unspecified atom stereocenters. The summed E-state index contributed by atoms with van der Waals surface area (Å²) in [6.45, 7) is 0.969. The minimum atomic E-state index is -3.78. The minimum absolute atomic E-state index is 0.0496. The van der Waals surface area contributed by atoms with Crippen molar-refractivity contribution in [2.75, 3.05) is 26.3 Å². The van der Waals surface area contributed by atoms with Crippen LogP contribution in [0.3, 0.4) is 0 Å². The predicted octanol–water partition coefficient (Wildman–Crippen LogP) is 1.82. The predicted molar refractivity (Wildman–Crippen MR) is 105 cm³/mol. The number of sulfonamides is 1. The fraction of sp³-hybridized carbons (Fsp3) is 0.263. The molecule has 8 nitrogen and oxygen atoms in total. The van der Waals surface area contributed by atoms with E-state index >= 15 is 0 Å². The van der Waals surface area contributed by atoms with Gasteiger partial charge in [-0.15, -0.1) is 0 Å². The molecule has 1 aliphatic heterocycles. The molecule has 0 aliphatic carbocycles. The molecular weight excluding hydrogens is 420 g/mol. The second-order valence-corrected chi connectivity index (χ2v) is 8.64. The lowest BCUT2D eigenvalue weighted by Crippen LogP contribution is -2.40. The first-order valence-corrected chi connectivity index (χ1v) is 10.5. The van der Waals surface area contributed by atoms with Gasteiger partial charge in [-0.2, -0.15) is 4.31 Å². The lowest BCUT2D eigenvalue weighted by molar-refractivity contribution is 0.0472. The Balaban J connectivity index is 1.78. The number of amides is 1. The van der Waals surface area contributed by atoms with Crippen LogP contribution in [-0.4, -0.2) is 50.9 Å². The van der Waals surface area contributed by atoms with E-state index in [2.05, 4.69) is 0 Å². The molecule has 10 heteroatoms. The molecule has 3 rings (SSSR count). The summed E-state index contributed by atoms with van der Waals surface area (Å²) in [6, 6.07) is 10.2. The van der Waals surface area contributed by atoms with Crippen LogP contribution in [0.2, 0.25) is 5.02 Å². The number of halogens is 1. The molecule has 2 aromatic rings. The van der Waals surface area contributed by atoms with E-state index in [9.17, 15) is 18.0 Å². The SMILES string of the molecule is NC(=O)c1cccc(COC(=O)c2cc(S(=O)(=O)N3CCOCC3)ccc2Cl)c1. The molecule has 0 bridgehead atoms. The molecule has 1 heterocycles. The Morgan fingerprint density at radius 3 is 2.55 bits per heavy atom. The monoisotopic (exact) mass is 438 g/mol. The second-order valence-electron chi connectivity index (χ2n) is 6.30. The molecule has 1 saturated heterocycles. The van der Waals surface area contributed by atoms with Crippen LogP contribution in [0.25, 0.3) is 0 Å². The Kier molecular flexibility index (Phi) is 6.53. The molecule has 154 valence electrons. The fourth-order valence-corrected chi connectivity index (χ4v) is 4.43. The van der Waals surface area contributed by atoms with Gasteiger partial charge in [0.2, 0.25) is 15.9 Å². The lowest BCUT2D eigenvalue weighted by atomic mass is 10.1. The van der Waals surface area contributed by atoms with Crippen LogP contribution in [0.5, 0.6) is 0 Å². The van der Waals surface area contributed by atoms with Gasteiger partial charge in [-0.1, -0.05) is 23.7 Å². The van der Waals surface area contributed by atoms with Crippen LogP contribution in [0.4, 0.5) is 0 Å². The van der Waals surface area contributed by atoms with Crippen LogP contribution < -0.4 is 5.73 Å². The Morgan fingerprint density at radius 2 is 1.86 bits per heavy atom. The Morgan fingerprint density at radius 1 is 1.14 bits per heavy atom. The average Bonchev–Trinajstić information content (AvgIpc) is 2.73. The molecule has 0 atom stereocenters. The summed E-state index contributed by atoms with van der Waals surface area (Å²) >= 11 is 6.09. The number of benzene rings is 2. The summed E-state index contributed by atoms with van der Waals surface area (Å²) in [6.07, 6.45) is 0. The van der Waals surface area contributed by atoms with E-state index in [1.807, 2.05) is 0 Å². The number of carbonyl (C=O) groups excluding carboxylic acids is 2. The van der Waals surface area contributed by atoms with Crippen LogP contribution in [-0.2, 0) is 26.1 Å². The van der Waals surface area contributed by atoms with Gasteiger partial charge in [0.05, 0.1) is 28.7 Å². The maximum atomic E-state index is 12.8. The van der Waals surface area contributed by atoms with E-state index in [1.165, 1.54) is 28.6 Å². The number of esters is 1. The largest absolute Gasteiger partial charge is 0.457 e. The van der Waals surface area contributed by atoms with Crippen molar-refractivity contribution in [2.45, 2.75) is 11.5 Å². The number of carbonyl (C=O) groups is 2. The minimum Gasteiger partial charge on any atom is -0.457 e. The van der Waals surface area contributed by atoms with Gasteiger partial charge >= 0.3 is 5.97 Å². The molecular formula is C19H19ClN2O6S. The average molecular weight is 439 g/mol. The molecule has 1 amide bonds. The highest BCUT2D eigenvalue weighted by atomic mass is 35.5. The first-order valence-electron chi connectivity index (χ1n) is 8.72. The summed E-state index contributed by atoms with van der Waals surface area (Å²) < 4.78 is 37.3. The van der Waals surface area contributed by atoms with Crippen molar-refractivity contribution in [1.29, 1.82) is 0 Å². The molecule has 1 fully saturated rings. The highest BCUT2D eigenvalue weighted by Gasteiger charge is 2.28. The second kappa shape index (κ2) is 8.91. The zero-order valence-corrected chi connectivity index (χ0v) is 16.9. The first-order chi connectivity index (χ1) is 13.8. The highest BCUT2D eigenvalue weighted by molar-refractivity contribution is 7.89. The molecule has 2 aromatic carbocycles. The molecule has 0 radical (unpaired) electrons. The smallest absolute Gasteiger partial charge is 0.340 e. The van der Waals surface area contributed by atoms with Crippen LogP contribution >= 0.6 is 11.6 Å².